The molecule has 0 aliphatic carbocycles. The molecule has 0 radical (unpaired) electrons. The Morgan fingerprint density at radius 2 is 2.20 bits per heavy atom. The number of nitrogens with zero attached hydrogens (tertiary/aromatic N) is 2. The zero-order chi connectivity index (χ0) is 17.3. The second-order valence-electron chi connectivity index (χ2n) is 6.78. The third kappa shape index (κ3) is 3.16. The summed E-state index contributed by atoms with van der Waals surface area (Å²) in [7, 11) is 0. The van der Waals surface area contributed by atoms with Gasteiger partial charge in [0, 0.05) is 37.0 Å². The molecule has 5 nitrogen and oxygen atoms in total. The number of hydrogen-bond acceptors (Lipinski definition) is 5. The number of amides is 1. The minimum absolute atomic E-state index is 0.120. The van der Waals surface area contributed by atoms with Crippen molar-refractivity contribution in [1.29, 1.82) is 0 Å². The van der Waals surface area contributed by atoms with E-state index in [2.05, 4.69) is 21.7 Å². The zero-order valence-electron chi connectivity index (χ0n) is 14.5. The van der Waals surface area contributed by atoms with Crippen LogP contribution in [0.1, 0.15) is 29.0 Å². The van der Waals surface area contributed by atoms with E-state index in [4.69, 9.17) is 4.74 Å². The second kappa shape index (κ2) is 6.77. The fourth-order valence-electron chi connectivity index (χ4n) is 3.69. The van der Waals surface area contributed by atoms with Crippen molar-refractivity contribution in [2.75, 3.05) is 19.6 Å². The first kappa shape index (κ1) is 16.5. The molecule has 2 aromatic rings. The number of ether oxygens (including phenoxy) is 1. The lowest BCUT2D eigenvalue weighted by Crippen LogP contribution is -2.58. The molecule has 0 bridgehead atoms. The Morgan fingerprint density at radius 1 is 1.36 bits per heavy atom. The van der Waals surface area contributed by atoms with Gasteiger partial charge in [0.25, 0.3) is 5.91 Å². The van der Waals surface area contributed by atoms with Gasteiger partial charge in [-0.3, -0.25) is 9.78 Å². The Balaban J connectivity index is 1.60. The summed E-state index contributed by atoms with van der Waals surface area (Å²) >= 11 is 1.79. The molecule has 4 rings (SSSR count). The van der Waals surface area contributed by atoms with Crippen LogP contribution in [0.15, 0.2) is 29.8 Å². The first-order chi connectivity index (χ1) is 12.2. The lowest BCUT2D eigenvalue weighted by molar-refractivity contribution is -0.151. The fourth-order valence-corrected chi connectivity index (χ4v) is 4.58. The molecule has 1 fully saturated rings. The molecule has 0 atom stereocenters. The quantitative estimate of drug-likeness (QED) is 0.917. The van der Waals surface area contributed by atoms with Crippen LogP contribution >= 0.6 is 11.3 Å². The van der Waals surface area contributed by atoms with E-state index < -0.39 is 5.60 Å². The topological polar surface area (TPSA) is 54.5 Å². The molecule has 2 aliphatic heterocycles. The average Bonchev–Trinajstić information content (AvgIpc) is 3.11. The molecule has 132 valence electrons. The van der Waals surface area contributed by atoms with Gasteiger partial charge in [0.2, 0.25) is 0 Å². The maximum absolute atomic E-state index is 13.5. The van der Waals surface area contributed by atoms with E-state index in [9.17, 15) is 4.79 Å². The number of aromatic nitrogens is 1. The van der Waals surface area contributed by atoms with Gasteiger partial charge >= 0.3 is 0 Å². The molecule has 0 saturated carbocycles. The molecule has 1 saturated heterocycles. The summed E-state index contributed by atoms with van der Waals surface area (Å²) < 4.78 is 6.37. The number of thiophene rings is 1. The number of hydrogen-bond donors (Lipinski definition) is 1. The molecular weight excluding hydrogens is 334 g/mol. The van der Waals surface area contributed by atoms with Crippen LogP contribution in [-0.2, 0) is 17.8 Å². The molecule has 2 aromatic heterocycles. The number of rotatable bonds is 3. The number of fused-ring (bicyclic) bond motifs is 1. The smallest absolute Gasteiger partial charge is 0.267 e. The van der Waals surface area contributed by atoms with Crippen LogP contribution in [0.4, 0.5) is 0 Å². The Bertz CT molecular complexity index is 768. The van der Waals surface area contributed by atoms with Gasteiger partial charge in [0.1, 0.15) is 5.75 Å². The maximum Gasteiger partial charge on any atom is 0.267 e. The van der Waals surface area contributed by atoms with E-state index in [1.807, 2.05) is 24.0 Å². The van der Waals surface area contributed by atoms with Gasteiger partial charge < -0.3 is 15.0 Å². The molecule has 2 aliphatic rings. The van der Waals surface area contributed by atoms with Gasteiger partial charge in [-0.25, -0.2) is 0 Å². The minimum Gasteiger partial charge on any atom is -0.475 e. The molecule has 0 unspecified atom stereocenters. The monoisotopic (exact) mass is 357 g/mol. The summed E-state index contributed by atoms with van der Waals surface area (Å²) in [5, 5.41) is 5.46. The summed E-state index contributed by atoms with van der Waals surface area (Å²) in [6.45, 7) is 4.98. The average molecular weight is 357 g/mol. The number of carbonyl (C=O) groups excluding carboxylic acids is 1. The van der Waals surface area contributed by atoms with Crippen molar-refractivity contribution < 1.29 is 9.53 Å². The summed E-state index contributed by atoms with van der Waals surface area (Å²) in [5.74, 6) is 0.833. The summed E-state index contributed by atoms with van der Waals surface area (Å²) in [6, 6.07) is 5.91. The number of piperidine rings is 1. The number of carbonyl (C=O) groups is 1. The lowest BCUT2D eigenvalue weighted by Gasteiger charge is -2.41. The summed E-state index contributed by atoms with van der Waals surface area (Å²) in [4.78, 5) is 21.2. The highest BCUT2D eigenvalue weighted by Crippen LogP contribution is 2.32. The Hall–Kier alpha value is -1.92. The predicted octanol–water partition coefficient (Wildman–Crippen LogP) is 2.54. The lowest BCUT2D eigenvalue weighted by atomic mass is 9.89. The van der Waals surface area contributed by atoms with Crippen molar-refractivity contribution in [2.24, 2.45) is 0 Å². The van der Waals surface area contributed by atoms with Gasteiger partial charge in [0.05, 0.1) is 5.69 Å². The van der Waals surface area contributed by atoms with Crippen LogP contribution in [0.5, 0.6) is 5.75 Å². The van der Waals surface area contributed by atoms with E-state index in [-0.39, 0.29) is 5.91 Å². The summed E-state index contributed by atoms with van der Waals surface area (Å²) in [6.07, 6.45) is 4.07. The highest BCUT2D eigenvalue weighted by atomic mass is 32.1. The van der Waals surface area contributed by atoms with Gasteiger partial charge in [-0.05, 0) is 55.6 Å². The van der Waals surface area contributed by atoms with Crippen LogP contribution in [0.25, 0.3) is 0 Å². The van der Waals surface area contributed by atoms with Gasteiger partial charge in [-0.2, -0.15) is 0 Å². The zero-order valence-corrected chi connectivity index (χ0v) is 15.3. The van der Waals surface area contributed by atoms with Crippen molar-refractivity contribution in [1.82, 2.24) is 15.2 Å². The van der Waals surface area contributed by atoms with Crippen molar-refractivity contribution in [3.05, 3.63) is 45.9 Å². The second-order valence-corrected chi connectivity index (χ2v) is 7.78. The standard InChI is InChI=1S/C19H23N3O2S/c1-14-16(3-2-8-21-14)24-19(6-9-20-10-7-19)18(23)22-11-4-17-15(13-22)5-12-25-17/h2-3,5,8,12,20H,4,6-7,9-11,13H2,1H3. The van der Waals surface area contributed by atoms with E-state index in [1.165, 1.54) is 10.4 Å². The SMILES string of the molecule is Cc1ncccc1OC1(C(=O)N2CCc3sccc3C2)CCNCC1. The molecule has 6 heteroatoms. The van der Waals surface area contributed by atoms with E-state index >= 15 is 0 Å². The highest BCUT2D eigenvalue weighted by molar-refractivity contribution is 7.10. The van der Waals surface area contributed by atoms with E-state index in [1.54, 1.807) is 17.5 Å². The predicted molar refractivity (Wildman–Crippen MR) is 97.9 cm³/mol. The van der Waals surface area contributed by atoms with Crippen LogP contribution in [0, 0.1) is 6.92 Å². The molecule has 0 aromatic carbocycles. The molecule has 4 heterocycles. The summed E-state index contributed by atoms with van der Waals surface area (Å²) in [5.41, 5.74) is 1.32. The van der Waals surface area contributed by atoms with Crippen molar-refractivity contribution in [3.63, 3.8) is 0 Å². The number of pyridine rings is 1. The first-order valence-corrected chi connectivity index (χ1v) is 9.72. The van der Waals surface area contributed by atoms with Gasteiger partial charge in [-0.1, -0.05) is 0 Å². The Kier molecular flexibility index (Phi) is 4.48. The van der Waals surface area contributed by atoms with Crippen LogP contribution in [-0.4, -0.2) is 41.0 Å². The molecular formula is C19H23N3O2S. The highest BCUT2D eigenvalue weighted by Gasteiger charge is 2.45. The molecule has 25 heavy (non-hydrogen) atoms. The maximum atomic E-state index is 13.5. The van der Waals surface area contributed by atoms with Crippen molar-refractivity contribution in [2.45, 2.75) is 38.3 Å². The normalized spacial score (nSPS) is 19.3. The van der Waals surface area contributed by atoms with Gasteiger partial charge in [-0.15, -0.1) is 11.3 Å². The minimum atomic E-state index is -0.785. The molecule has 1 N–H and O–H groups in total. The van der Waals surface area contributed by atoms with E-state index in [0.717, 1.165) is 31.7 Å². The number of nitrogens with one attached hydrogen (secondary N) is 1. The molecule has 0 spiro atoms. The Labute approximate surface area is 152 Å². The van der Waals surface area contributed by atoms with Crippen LogP contribution < -0.4 is 10.1 Å². The number of aryl methyl sites for hydroxylation is 1. The van der Waals surface area contributed by atoms with E-state index in [0.29, 0.717) is 25.1 Å². The van der Waals surface area contributed by atoms with Crippen molar-refractivity contribution >= 4 is 17.2 Å². The largest absolute Gasteiger partial charge is 0.475 e. The fraction of sp³-hybridized carbons (Fsp3) is 0.474. The molecule has 1 amide bonds. The first-order valence-electron chi connectivity index (χ1n) is 8.84. The van der Waals surface area contributed by atoms with Crippen molar-refractivity contribution in [3.8, 4) is 5.75 Å². The third-order valence-electron chi connectivity index (χ3n) is 5.16. The van der Waals surface area contributed by atoms with Crippen LogP contribution in [0.3, 0.4) is 0 Å². The third-order valence-corrected chi connectivity index (χ3v) is 6.18. The van der Waals surface area contributed by atoms with Crippen LogP contribution in [0.2, 0.25) is 0 Å². The Morgan fingerprint density at radius 3 is 3.00 bits per heavy atom. The van der Waals surface area contributed by atoms with Gasteiger partial charge in [0.15, 0.2) is 5.60 Å².